The average Bonchev–Trinajstić information content (AvgIpc) is 2.93. The molecule has 0 heterocycles. The largest absolute Gasteiger partial charge is 0.497 e. The number of ether oxygens (including phenoxy) is 2. The lowest BCUT2D eigenvalue weighted by Crippen LogP contribution is -2.53. The predicted octanol–water partition coefficient (Wildman–Crippen LogP) is 5.93. The van der Waals surface area contributed by atoms with Gasteiger partial charge in [-0.2, -0.15) is 0 Å². The van der Waals surface area contributed by atoms with E-state index in [1.54, 1.807) is 12.0 Å². The van der Waals surface area contributed by atoms with Crippen LogP contribution in [0.5, 0.6) is 11.5 Å². The van der Waals surface area contributed by atoms with Gasteiger partial charge in [0.1, 0.15) is 17.5 Å². The molecule has 0 aliphatic rings. The Morgan fingerprint density at radius 3 is 2.18 bits per heavy atom. The topological polar surface area (TPSA) is 67.9 Å². The van der Waals surface area contributed by atoms with E-state index in [4.69, 9.17) is 9.47 Å². The predicted molar refractivity (Wildman–Crippen MR) is 156 cm³/mol. The molecule has 6 heteroatoms. The van der Waals surface area contributed by atoms with E-state index in [2.05, 4.69) is 26.1 Å². The fourth-order valence-corrected chi connectivity index (χ4v) is 4.24. The lowest BCUT2D eigenvalue weighted by molar-refractivity contribution is -0.143. The van der Waals surface area contributed by atoms with E-state index in [0.29, 0.717) is 17.9 Å². The van der Waals surface area contributed by atoms with Crippen LogP contribution in [0.1, 0.15) is 57.7 Å². The van der Waals surface area contributed by atoms with Crippen LogP contribution >= 0.6 is 0 Å². The molecular weight excluding hydrogens is 488 g/mol. The van der Waals surface area contributed by atoms with Crippen molar-refractivity contribution >= 4 is 11.8 Å². The van der Waals surface area contributed by atoms with Crippen molar-refractivity contribution in [1.82, 2.24) is 10.2 Å². The van der Waals surface area contributed by atoms with Gasteiger partial charge in [0.2, 0.25) is 5.91 Å². The van der Waals surface area contributed by atoms with E-state index in [1.165, 1.54) is 5.56 Å². The fourth-order valence-electron chi connectivity index (χ4n) is 4.24. The third kappa shape index (κ3) is 8.88. The number of amides is 2. The van der Waals surface area contributed by atoms with E-state index in [1.807, 2.05) is 92.7 Å². The minimum Gasteiger partial charge on any atom is -0.497 e. The van der Waals surface area contributed by atoms with Crippen LogP contribution in [0, 0.1) is 0 Å². The maximum absolute atomic E-state index is 13.8. The summed E-state index contributed by atoms with van der Waals surface area (Å²) in [4.78, 5) is 29.0. The van der Waals surface area contributed by atoms with Gasteiger partial charge in [-0.15, -0.1) is 0 Å². The van der Waals surface area contributed by atoms with Crippen molar-refractivity contribution in [3.63, 3.8) is 0 Å². The number of methoxy groups -OCH3 is 1. The van der Waals surface area contributed by atoms with E-state index in [9.17, 15) is 9.59 Å². The maximum Gasteiger partial charge on any atom is 0.261 e. The summed E-state index contributed by atoms with van der Waals surface area (Å²) in [7, 11) is 1.61. The summed E-state index contributed by atoms with van der Waals surface area (Å²) >= 11 is 0. The Bertz CT molecular complexity index is 1200. The van der Waals surface area contributed by atoms with Gasteiger partial charge in [-0.1, -0.05) is 82.3 Å². The van der Waals surface area contributed by atoms with Crippen LogP contribution in [0.15, 0.2) is 78.9 Å². The maximum atomic E-state index is 13.8. The van der Waals surface area contributed by atoms with Crippen molar-refractivity contribution in [3.05, 3.63) is 95.6 Å². The fraction of sp³-hybridized carbons (Fsp3) is 0.394. The molecule has 2 atom stereocenters. The van der Waals surface area contributed by atoms with Crippen LogP contribution in [-0.2, 0) is 28.0 Å². The van der Waals surface area contributed by atoms with Crippen molar-refractivity contribution in [3.8, 4) is 11.5 Å². The van der Waals surface area contributed by atoms with Crippen LogP contribution in [-0.4, -0.2) is 42.5 Å². The first-order valence-corrected chi connectivity index (χ1v) is 13.6. The SMILES string of the molecule is CC[C@@H](C)NC(=O)[C@H](Cc1ccccc1)N(Cc1cccc(OC)c1)C(=O)COc1ccc(C(C)(C)C)cc1. The molecule has 3 aromatic rings. The van der Waals surface area contributed by atoms with Gasteiger partial charge in [-0.3, -0.25) is 9.59 Å². The summed E-state index contributed by atoms with van der Waals surface area (Å²) < 4.78 is 11.3. The molecule has 0 aliphatic carbocycles. The van der Waals surface area contributed by atoms with E-state index >= 15 is 0 Å². The van der Waals surface area contributed by atoms with Gasteiger partial charge in [0.25, 0.3) is 5.91 Å². The van der Waals surface area contributed by atoms with E-state index < -0.39 is 6.04 Å². The minimum absolute atomic E-state index is 0.0119. The highest BCUT2D eigenvalue weighted by molar-refractivity contribution is 5.88. The van der Waals surface area contributed by atoms with Gasteiger partial charge in [0, 0.05) is 19.0 Å². The number of nitrogens with zero attached hydrogens (tertiary/aromatic N) is 1. The highest BCUT2D eigenvalue weighted by Crippen LogP contribution is 2.25. The molecule has 0 aliphatic heterocycles. The summed E-state index contributed by atoms with van der Waals surface area (Å²) in [6.07, 6.45) is 1.18. The monoisotopic (exact) mass is 530 g/mol. The average molecular weight is 531 g/mol. The second-order valence-corrected chi connectivity index (χ2v) is 11.0. The van der Waals surface area contributed by atoms with Gasteiger partial charge in [-0.25, -0.2) is 0 Å². The lowest BCUT2D eigenvalue weighted by Gasteiger charge is -2.32. The second-order valence-electron chi connectivity index (χ2n) is 11.0. The number of benzene rings is 3. The molecule has 0 saturated heterocycles. The number of nitrogens with one attached hydrogen (secondary N) is 1. The van der Waals surface area contributed by atoms with Crippen LogP contribution in [0.2, 0.25) is 0 Å². The standard InChI is InChI=1S/C33H42N2O4/c1-7-24(2)34-32(37)30(21-25-12-9-8-10-13-25)35(22-26-14-11-15-29(20-26)38-6)31(36)23-39-28-18-16-27(17-19-28)33(3,4)5/h8-20,24,30H,7,21-23H2,1-6H3,(H,34,37)/t24-,30+/m1/s1. The summed E-state index contributed by atoms with van der Waals surface area (Å²) in [6, 6.07) is 24.4. The third-order valence-electron chi connectivity index (χ3n) is 6.84. The molecule has 0 spiro atoms. The van der Waals surface area contributed by atoms with E-state index in [-0.39, 0.29) is 36.4 Å². The van der Waals surface area contributed by atoms with E-state index in [0.717, 1.165) is 17.5 Å². The molecule has 3 rings (SSSR count). The van der Waals surface area contributed by atoms with Gasteiger partial charge in [0.15, 0.2) is 6.61 Å². The van der Waals surface area contributed by atoms with Crippen LogP contribution in [0.25, 0.3) is 0 Å². The van der Waals surface area contributed by atoms with Gasteiger partial charge >= 0.3 is 0 Å². The highest BCUT2D eigenvalue weighted by Gasteiger charge is 2.31. The Balaban J connectivity index is 1.90. The summed E-state index contributed by atoms with van der Waals surface area (Å²) in [5.74, 6) is 0.858. The molecule has 6 nitrogen and oxygen atoms in total. The second kappa shape index (κ2) is 13.8. The molecule has 0 bridgehead atoms. The lowest BCUT2D eigenvalue weighted by atomic mass is 9.87. The number of hydrogen-bond acceptors (Lipinski definition) is 4. The van der Waals surface area contributed by atoms with Gasteiger partial charge in [-0.05, 0) is 59.7 Å². The Kier molecular flexibility index (Phi) is 10.6. The summed E-state index contributed by atoms with van der Waals surface area (Å²) in [5.41, 5.74) is 3.05. The Morgan fingerprint density at radius 1 is 0.897 bits per heavy atom. The molecule has 39 heavy (non-hydrogen) atoms. The number of rotatable bonds is 12. The molecule has 0 unspecified atom stereocenters. The Hall–Kier alpha value is -3.80. The minimum atomic E-state index is -0.716. The van der Waals surface area contributed by atoms with Crippen LogP contribution < -0.4 is 14.8 Å². The van der Waals surface area contributed by atoms with Crippen molar-refractivity contribution in [2.45, 2.75) is 71.5 Å². The van der Waals surface area contributed by atoms with Crippen molar-refractivity contribution in [2.75, 3.05) is 13.7 Å². The number of carbonyl (C=O) groups is 2. The first-order valence-electron chi connectivity index (χ1n) is 13.6. The van der Waals surface area contributed by atoms with Crippen LogP contribution in [0.4, 0.5) is 0 Å². The number of hydrogen-bond donors (Lipinski definition) is 1. The van der Waals surface area contributed by atoms with Crippen molar-refractivity contribution in [1.29, 1.82) is 0 Å². The zero-order chi connectivity index (χ0) is 28.4. The van der Waals surface area contributed by atoms with Crippen molar-refractivity contribution < 1.29 is 19.1 Å². The molecular formula is C33H42N2O4. The molecule has 1 N–H and O–H groups in total. The molecule has 2 amide bonds. The van der Waals surface area contributed by atoms with Crippen molar-refractivity contribution in [2.24, 2.45) is 0 Å². The molecule has 3 aromatic carbocycles. The first kappa shape index (κ1) is 29.8. The molecule has 208 valence electrons. The zero-order valence-corrected chi connectivity index (χ0v) is 24.1. The molecule has 0 fully saturated rings. The first-order chi connectivity index (χ1) is 18.6. The number of carbonyl (C=O) groups excluding carboxylic acids is 2. The van der Waals surface area contributed by atoms with Gasteiger partial charge in [0.05, 0.1) is 7.11 Å². The highest BCUT2D eigenvalue weighted by atomic mass is 16.5. The zero-order valence-electron chi connectivity index (χ0n) is 24.1. The normalized spacial score (nSPS) is 12.8. The smallest absolute Gasteiger partial charge is 0.261 e. The third-order valence-corrected chi connectivity index (χ3v) is 6.84. The summed E-state index contributed by atoms with van der Waals surface area (Å²) in [5, 5.41) is 3.09. The van der Waals surface area contributed by atoms with Gasteiger partial charge < -0.3 is 19.7 Å². The summed E-state index contributed by atoms with van der Waals surface area (Å²) in [6.45, 7) is 10.5. The molecule has 0 saturated carbocycles. The Morgan fingerprint density at radius 2 is 1.56 bits per heavy atom. The molecule has 0 aromatic heterocycles. The van der Waals surface area contributed by atoms with Crippen LogP contribution in [0.3, 0.4) is 0 Å². The molecule has 0 radical (unpaired) electrons. The quantitative estimate of drug-likeness (QED) is 0.315. The Labute approximate surface area is 233 Å².